The van der Waals surface area contributed by atoms with Crippen molar-refractivity contribution >= 4 is 34.8 Å². The molecule has 6 heteroatoms. The van der Waals surface area contributed by atoms with Gasteiger partial charge >= 0.3 is 5.97 Å². The van der Waals surface area contributed by atoms with Crippen molar-refractivity contribution in [2.45, 2.75) is 33.2 Å². The molecule has 1 rings (SSSR count). The van der Waals surface area contributed by atoms with Crippen LogP contribution in [0.1, 0.15) is 35.5 Å². The van der Waals surface area contributed by atoms with E-state index < -0.39 is 12.0 Å². The lowest BCUT2D eigenvalue weighted by molar-refractivity contribution is -0.143. The van der Waals surface area contributed by atoms with Gasteiger partial charge in [0.05, 0.1) is 12.1 Å². The van der Waals surface area contributed by atoms with Gasteiger partial charge in [-0.2, -0.15) is 0 Å². The summed E-state index contributed by atoms with van der Waals surface area (Å²) in [4.78, 5) is 24.2. The highest BCUT2D eigenvalue weighted by Crippen LogP contribution is 2.27. The van der Waals surface area contributed by atoms with E-state index in [-0.39, 0.29) is 11.8 Å². The number of carbonyl (C=O) groups is 2. The summed E-state index contributed by atoms with van der Waals surface area (Å²) in [6, 6.07) is -0.643. The Labute approximate surface area is 122 Å². The van der Waals surface area contributed by atoms with Gasteiger partial charge in [0.25, 0.3) is 5.91 Å². The molecule has 19 heavy (non-hydrogen) atoms. The zero-order chi connectivity index (χ0) is 14.6. The number of hydrogen-bond acceptors (Lipinski definition) is 4. The van der Waals surface area contributed by atoms with E-state index in [0.717, 1.165) is 5.56 Å². The molecule has 0 fully saturated rings. The summed E-state index contributed by atoms with van der Waals surface area (Å²) in [5.41, 5.74) is 0.857. The molecule has 1 atom stereocenters. The second kappa shape index (κ2) is 6.91. The number of aryl methyl sites for hydroxylation is 1. The van der Waals surface area contributed by atoms with Gasteiger partial charge in [-0.25, -0.2) is 4.79 Å². The number of carbonyl (C=O) groups excluding carboxylic acids is 2. The summed E-state index contributed by atoms with van der Waals surface area (Å²) in [7, 11) is 1.31. The Kier molecular flexibility index (Phi) is 5.82. The summed E-state index contributed by atoms with van der Waals surface area (Å²) in [5, 5.41) is 4.93. The van der Waals surface area contributed by atoms with Gasteiger partial charge in [0, 0.05) is 0 Å². The predicted octanol–water partition coefficient (Wildman–Crippen LogP) is 3.03. The molecule has 0 aliphatic rings. The summed E-state index contributed by atoms with van der Waals surface area (Å²) in [6.07, 6.45) is 0.528. The number of halogens is 1. The monoisotopic (exact) mass is 303 g/mol. The predicted molar refractivity (Wildman–Crippen MR) is 76.8 cm³/mol. The lowest BCUT2D eigenvalue weighted by atomic mass is 10.0. The third-order valence-corrected chi connectivity index (χ3v) is 4.30. The van der Waals surface area contributed by atoms with Crippen molar-refractivity contribution in [3.63, 3.8) is 0 Å². The number of amides is 1. The molecule has 1 N–H and O–H groups in total. The molecule has 0 aliphatic heterocycles. The van der Waals surface area contributed by atoms with Crippen molar-refractivity contribution < 1.29 is 14.3 Å². The molecule has 0 radical (unpaired) electrons. The first-order valence-corrected chi connectivity index (χ1v) is 7.24. The zero-order valence-electron chi connectivity index (χ0n) is 11.5. The number of thiophene rings is 1. The van der Waals surface area contributed by atoms with Crippen LogP contribution >= 0.6 is 22.9 Å². The molecule has 0 aliphatic carbocycles. The molecular weight excluding hydrogens is 286 g/mol. The lowest BCUT2D eigenvalue weighted by Crippen LogP contribution is -2.42. The number of hydrogen-bond donors (Lipinski definition) is 1. The molecule has 1 aromatic heterocycles. The number of rotatable bonds is 5. The zero-order valence-corrected chi connectivity index (χ0v) is 13.0. The van der Waals surface area contributed by atoms with Crippen LogP contribution in [-0.4, -0.2) is 25.0 Å². The largest absolute Gasteiger partial charge is 0.467 e. The fourth-order valence-electron chi connectivity index (χ4n) is 1.63. The van der Waals surface area contributed by atoms with E-state index in [1.807, 2.05) is 26.2 Å². The third kappa shape index (κ3) is 4.21. The topological polar surface area (TPSA) is 55.4 Å². The summed E-state index contributed by atoms with van der Waals surface area (Å²) < 4.78 is 4.70. The quantitative estimate of drug-likeness (QED) is 0.851. The van der Waals surface area contributed by atoms with E-state index in [2.05, 4.69) is 5.32 Å². The Morgan fingerprint density at radius 3 is 2.53 bits per heavy atom. The van der Waals surface area contributed by atoms with Gasteiger partial charge in [-0.1, -0.05) is 25.4 Å². The van der Waals surface area contributed by atoms with Crippen LogP contribution in [0.15, 0.2) is 5.38 Å². The molecule has 1 amide bonds. The van der Waals surface area contributed by atoms with Crippen molar-refractivity contribution in [1.29, 1.82) is 0 Å². The maximum Gasteiger partial charge on any atom is 0.328 e. The summed E-state index contributed by atoms with van der Waals surface area (Å²) in [5.74, 6) is -0.504. The van der Waals surface area contributed by atoms with Gasteiger partial charge in [-0.3, -0.25) is 4.79 Å². The van der Waals surface area contributed by atoms with Crippen molar-refractivity contribution in [1.82, 2.24) is 5.32 Å². The minimum atomic E-state index is -0.643. The van der Waals surface area contributed by atoms with Crippen LogP contribution in [0.5, 0.6) is 0 Å². The van der Waals surface area contributed by atoms with Gasteiger partial charge in [0.1, 0.15) is 10.9 Å². The van der Waals surface area contributed by atoms with Crippen LogP contribution in [0, 0.1) is 12.8 Å². The molecule has 106 valence electrons. The molecule has 0 saturated heterocycles. The fourth-order valence-corrected chi connectivity index (χ4v) is 2.82. The van der Waals surface area contributed by atoms with Crippen LogP contribution in [0.3, 0.4) is 0 Å². The first-order valence-electron chi connectivity index (χ1n) is 5.99. The molecule has 4 nitrogen and oxygen atoms in total. The maximum absolute atomic E-state index is 12.1. The van der Waals surface area contributed by atoms with Crippen LogP contribution < -0.4 is 5.32 Å². The van der Waals surface area contributed by atoms with Gasteiger partial charge in [0.2, 0.25) is 0 Å². The second-order valence-electron chi connectivity index (χ2n) is 4.74. The standard InChI is InChI=1S/C13H18ClNO3S/c1-7(2)5-9(13(17)18-4)15-12(16)11-10(14)8(3)6-19-11/h6-7,9H,5H2,1-4H3,(H,15,16). The summed E-state index contributed by atoms with van der Waals surface area (Å²) in [6.45, 7) is 5.79. The molecule has 1 heterocycles. The third-order valence-electron chi connectivity index (χ3n) is 2.60. The van der Waals surface area contributed by atoms with Crippen LogP contribution in [0.4, 0.5) is 0 Å². The Morgan fingerprint density at radius 1 is 1.47 bits per heavy atom. The Bertz CT molecular complexity index is 470. The van der Waals surface area contributed by atoms with Gasteiger partial charge in [0.15, 0.2) is 0 Å². The molecule has 0 bridgehead atoms. The van der Waals surface area contributed by atoms with E-state index in [1.54, 1.807) is 0 Å². The van der Waals surface area contributed by atoms with E-state index in [1.165, 1.54) is 18.4 Å². The Morgan fingerprint density at radius 2 is 2.11 bits per heavy atom. The van der Waals surface area contributed by atoms with Gasteiger partial charge in [-0.15, -0.1) is 11.3 Å². The fraction of sp³-hybridized carbons (Fsp3) is 0.538. The van der Waals surface area contributed by atoms with Gasteiger partial charge < -0.3 is 10.1 Å². The second-order valence-corrected chi connectivity index (χ2v) is 6.00. The highest BCUT2D eigenvalue weighted by molar-refractivity contribution is 7.13. The molecule has 0 saturated carbocycles. The molecule has 1 unspecified atom stereocenters. The average Bonchev–Trinajstić information content (AvgIpc) is 2.67. The maximum atomic E-state index is 12.1. The molecular formula is C13H18ClNO3S. The molecule has 0 spiro atoms. The van der Waals surface area contributed by atoms with Crippen LogP contribution in [0.25, 0.3) is 0 Å². The van der Waals surface area contributed by atoms with Gasteiger partial charge in [-0.05, 0) is 30.2 Å². The minimum absolute atomic E-state index is 0.268. The smallest absolute Gasteiger partial charge is 0.328 e. The van der Waals surface area contributed by atoms with Crippen molar-refractivity contribution in [3.05, 3.63) is 20.8 Å². The van der Waals surface area contributed by atoms with E-state index in [0.29, 0.717) is 16.3 Å². The molecule has 0 aromatic carbocycles. The summed E-state index contributed by atoms with van der Waals surface area (Å²) >= 11 is 7.31. The number of methoxy groups -OCH3 is 1. The number of esters is 1. The number of nitrogens with one attached hydrogen (secondary N) is 1. The van der Waals surface area contributed by atoms with E-state index in [9.17, 15) is 9.59 Å². The minimum Gasteiger partial charge on any atom is -0.467 e. The van der Waals surface area contributed by atoms with Crippen molar-refractivity contribution in [3.8, 4) is 0 Å². The normalized spacial score (nSPS) is 12.3. The van der Waals surface area contributed by atoms with Crippen LogP contribution in [0.2, 0.25) is 5.02 Å². The highest BCUT2D eigenvalue weighted by Gasteiger charge is 2.25. The van der Waals surface area contributed by atoms with Crippen molar-refractivity contribution in [2.24, 2.45) is 5.92 Å². The Hall–Kier alpha value is -1.07. The SMILES string of the molecule is COC(=O)C(CC(C)C)NC(=O)c1scc(C)c1Cl. The lowest BCUT2D eigenvalue weighted by Gasteiger charge is -2.18. The van der Waals surface area contributed by atoms with Crippen molar-refractivity contribution in [2.75, 3.05) is 7.11 Å². The van der Waals surface area contributed by atoms with E-state index >= 15 is 0 Å². The average molecular weight is 304 g/mol. The highest BCUT2D eigenvalue weighted by atomic mass is 35.5. The Balaban J connectivity index is 2.81. The van der Waals surface area contributed by atoms with E-state index in [4.69, 9.17) is 16.3 Å². The first kappa shape index (κ1) is 16.0. The molecule has 1 aromatic rings. The first-order chi connectivity index (χ1) is 8.86. The number of ether oxygens (including phenoxy) is 1. The van der Waals surface area contributed by atoms with Crippen LogP contribution in [-0.2, 0) is 9.53 Å².